The highest BCUT2D eigenvalue weighted by Crippen LogP contribution is 2.20. The third kappa shape index (κ3) is 8.12. The molecule has 5 heteroatoms. The number of nitrogens with zero attached hydrogens (tertiary/aromatic N) is 1. The molecule has 1 rings (SSSR count). The van der Waals surface area contributed by atoms with Crippen LogP contribution in [0.2, 0.25) is 0 Å². The molecule has 1 heterocycles. The fourth-order valence-electron chi connectivity index (χ4n) is 2.92. The Labute approximate surface area is 130 Å². The number of nitrogens with one attached hydrogen (secondary N) is 1. The zero-order chi connectivity index (χ0) is 15.5. The summed E-state index contributed by atoms with van der Waals surface area (Å²) in [5.74, 6) is 0.687. The topological polar surface area (TPSA) is 54.0 Å². The Bertz CT molecular complexity index is 254. The molecule has 0 aromatic rings. The molecule has 0 bridgehead atoms. The lowest BCUT2D eigenvalue weighted by Gasteiger charge is -2.37. The number of piperidine rings is 1. The summed E-state index contributed by atoms with van der Waals surface area (Å²) in [5, 5.41) is 13.6. The zero-order valence-corrected chi connectivity index (χ0v) is 14.0. The van der Waals surface area contributed by atoms with E-state index in [1.807, 2.05) is 0 Å². The van der Waals surface area contributed by atoms with Crippen LogP contribution in [0.4, 0.5) is 0 Å². The number of aliphatic hydroxyl groups excluding tert-OH is 1. The summed E-state index contributed by atoms with van der Waals surface area (Å²) in [6, 6.07) is 0.558. The van der Waals surface area contributed by atoms with E-state index in [1.54, 1.807) is 7.11 Å². The summed E-state index contributed by atoms with van der Waals surface area (Å²) in [4.78, 5) is 2.38. The van der Waals surface area contributed by atoms with Crippen LogP contribution in [0.25, 0.3) is 0 Å². The summed E-state index contributed by atoms with van der Waals surface area (Å²) < 4.78 is 10.3. The van der Waals surface area contributed by atoms with E-state index >= 15 is 0 Å². The van der Waals surface area contributed by atoms with Gasteiger partial charge in [-0.25, -0.2) is 0 Å². The molecule has 2 N–H and O–H groups in total. The molecule has 0 spiro atoms. The molecule has 3 unspecified atom stereocenters. The highest BCUT2D eigenvalue weighted by atomic mass is 16.5. The number of β-amino-alcohol motifs (C(OH)–C–C–N with tert-alkyl or cyclic N) is 1. The third-order valence-corrected chi connectivity index (χ3v) is 4.18. The minimum atomic E-state index is -0.403. The molecule has 0 saturated carbocycles. The first-order chi connectivity index (χ1) is 10.2. The van der Waals surface area contributed by atoms with Gasteiger partial charge in [0.2, 0.25) is 0 Å². The molecule has 0 aliphatic carbocycles. The molecule has 126 valence electrons. The minimum Gasteiger partial charge on any atom is -0.389 e. The minimum absolute atomic E-state index is 0.397. The van der Waals surface area contributed by atoms with Crippen LogP contribution in [0.5, 0.6) is 0 Å². The first-order valence-electron chi connectivity index (χ1n) is 8.37. The van der Waals surface area contributed by atoms with Gasteiger partial charge in [0.15, 0.2) is 0 Å². The Balaban J connectivity index is 2.22. The maximum atomic E-state index is 10.0. The van der Waals surface area contributed by atoms with Gasteiger partial charge in [-0.1, -0.05) is 6.92 Å². The van der Waals surface area contributed by atoms with Crippen molar-refractivity contribution in [3.05, 3.63) is 0 Å². The molecule has 5 nitrogen and oxygen atoms in total. The predicted molar refractivity (Wildman–Crippen MR) is 85.6 cm³/mol. The summed E-state index contributed by atoms with van der Waals surface area (Å²) in [7, 11) is 1.65. The van der Waals surface area contributed by atoms with Gasteiger partial charge in [-0.3, -0.25) is 0 Å². The number of likely N-dealkylation sites (tertiary alicyclic amines) is 1. The third-order valence-electron chi connectivity index (χ3n) is 4.18. The second kappa shape index (κ2) is 11.4. The molecule has 1 fully saturated rings. The molecule has 0 radical (unpaired) electrons. The normalized spacial score (nSPS) is 23.1. The molecule has 3 atom stereocenters. The van der Waals surface area contributed by atoms with Crippen molar-refractivity contribution in [2.24, 2.45) is 5.92 Å². The number of hydrogen-bond acceptors (Lipinski definition) is 5. The quantitative estimate of drug-likeness (QED) is 0.560. The molecule has 0 aromatic heterocycles. The fourth-order valence-corrected chi connectivity index (χ4v) is 2.92. The average molecular weight is 302 g/mol. The van der Waals surface area contributed by atoms with E-state index < -0.39 is 6.10 Å². The lowest BCUT2D eigenvalue weighted by atomic mass is 9.91. The van der Waals surface area contributed by atoms with Gasteiger partial charge < -0.3 is 24.8 Å². The van der Waals surface area contributed by atoms with E-state index in [2.05, 4.69) is 24.1 Å². The molecule has 1 aliphatic rings. The smallest absolute Gasteiger partial charge is 0.0900 e. The van der Waals surface area contributed by atoms with Crippen LogP contribution >= 0.6 is 0 Å². The van der Waals surface area contributed by atoms with Crippen LogP contribution in [0.3, 0.4) is 0 Å². The number of ether oxygens (including phenoxy) is 2. The van der Waals surface area contributed by atoms with Crippen molar-refractivity contribution in [2.45, 2.75) is 45.3 Å². The monoisotopic (exact) mass is 302 g/mol. The van der Waals surface area contributed by atoms with E-state index in [1.165, 1.54) is 19.3 Å². The van der Waals surface area contributed by atoms with Crippen molar-refractivity contribution in [3.63, 3.8) is 0 Å². The SMILES string of the molecule is CCCNC(C)C1CCCN(CC(O)COCCOC)C1. The zero-order valence-electron chi connectivity index (χ0n) is 14.0. The summed E-state index contributed by atoms with van der Waals surface area (Å²) in [6.07, 6.45) is 3.28. The Morgan fingerprint density at radius 1 is 1.38 bits per heavy atom. The van der Waals surface area contributed by atoms with Gasteiger partial charge in [-0.2, -0.15) is 0 Å². The predicted octanol–water partition coefficient (Wildman–Crippen LogP) is 1.11. The van der Waals surface area contributed by atoms with Gasteiger partial charge >= 0.3 is 0 Å². The van der Waals surface area contributed by atoms with E-state index in [9.17, 15) is 5.11 Å². The molecule has 1 saturated heterocycles. The average Bonchev–Trinajstić information content (AvgIpc) is 2.49. The number of rotatable bonds is 11. The standard InChI is InChI=1S/C16H34N2O3/c1-4-7-17-14(2)15-6-5-8-18(11-15)12-16(19)13-21-10-9-20-3/h14-17,19H,4-13H2,1-3H3. The maximum absolute atomic E-state index is 10.0. The van der Waals surface area contributed by atoms with Gasteiger partial charge in [-0.05, 0) is 45.2 Å². The van der Waals surface area contributed by atoms with Crippen LogP contribution in [-0.2, 0) is 9.47 Å². The van der Waals surface area contributed by atoms with Gasteiger partial charge in [0.1, 0.15) is 0 Å². The Hall–Kier alpha value is -0.200. The second-order valence-corrected chi connectivity index (χ2v) is 6.13. The van der Waals surface area contributed by atoms with Crippen LogP contribution in [-0.4, -0.2) is 75.3 Å². The van der Waals surface area contributed by atoms with Crippen molar-refractivity contribution in [2.75, 3.05) is 53.1 Å². The molecule has 21 heavy (non-hydrogen) atoms. The van der Waals surface area contributed by atoms with Crippen molar-refractivity contribution < 1.29 is 14.6 Å². The molecular weight excluding hydrogens is 268 g/mol. The van der Waals surface area contributed by atoms with E-state index in [4.69, 9.17) is 9.47 Å². The molecule has 0 aromatic carbocycles. The lowest BCUT2D eigenvalue weighted by Crippen LogP contribution is -2.47. The van der Waals surface area contributed by atoms with Gasteiger partial charge in [0.05, 0.1) is 25.9 Å². The van der Waals surface area contributed by atoms with Crippen molar-refractivity contribution >= 4 is 0 Å². The molecular formula is C16H34N2O3. The van der Waals surface area contributed by atoms with Gasteiger partial charge in [0, 0.05) is 26.2 Å². The first kappa shape index (κ1) is 18.8. The van der Waals surface area contributed by atoms with Crippen LogP contribution in [0.1, 0.15) is 33.1 Å². The summed E-state index contributed by atoms with van der Waals surface area (Å²) in [6.45, 7) is 9.99. The van der Waals surface area contributed by atoms with E-state index in [-0.39, 0.29) is 0 Å². The summed E-state index contributed by atoms with van der Waals surface area (Å²) >= 11 is 0. The summed E-state index contributed by atoms with van der Waals surface area (Å²) in [5.41, 5.74) is 0. The van der Waals surface area contributed by atoms with Crippen LogP contribution in [0.15, 0.2) is 0 Å². The first-order valence-corrected chi connectivity index (χ1v) is 8.37. The number of methoxy groups -OCH3 is 1. The Kier molecular flexibility index (Phi) is 10.2. The molecule has 0 amide bonds. The van der Waals surface area contributed by atoms with Gasteiger partial charge in [-0.15, -0.1) is 0 Å². The second-order valence-electron chi connectivity index (χ2n) is 6.13. The van der Waals surface area contributed by atoms with Gasteiger partial charge in [0.25, 0.3) is 0 Å². The largest absolute Gasteiger partial charge is 0.389 e. The van der Waals surface area contributed by atoms with E-state index in [0.29, 0.717) is 38.3 Å². The number of hydrogen-bond donors (Lipinski definition) is 2. The molecule has 1 aliphatic heterocycles. The van der Waals surface area contributed by atoms with Crippen LogP contribution < -0.4 is 5.32 Å². The van der Waals surface area contributed by atoms with Crippen molar-refractivity contribution in [1.29, 1.82) is 0 Å². The van der Waals surface area contributed by atoms with Crippen molar-refractivity contribution in [1.82, 2.24) is 10.2 Å². The number of aliphatic hydroxyl groups is 1. The maximum Gasteiger partial charge on any atom is 0.0900 e. The van der Waals surface area contributed by atoms with E-state index in [0.717, 1.165) is 19.6 Å². The van der Waals surface area contributed by atoms with Crippen molar-refractivity contribution in [3.8, 4) is 0 Å². The highest BCUT2D eigenvalue weighted by molar-refractivity contribution is 4.81. The van der Waals surface area contributed by atoms with Crippen LogP contribution in [0, 0.1) is 5.92 Å². The Morgan fingerprint density at radius 3 is 2.90 bits per heavy atom. The lowest BCUT2D eigenvalue weighted by molar-refractivity contribution is -0.00686. The Morgan fingerprint density at radius 2 is 2.19 bits per heavy atom. The highest BCUT2D eigenvalue weighted by Gasteiger charge is 2.25. The fraction of sp³-hybridized carbons (Fsp3) is 1.00.